The molecule has 4 heteroatoms. The summed E-state index contributed by atoms with van der Waals surface area (Å²) in [5, 5.41) is 13.0. The second-order valence-corrected chi connectivity index (χ2v) is 7.35. The monoisotopic (exact) mass is 295 g/mol. The van der Waals surface area contributed by atoms with Crippen LogP contribution < -0.4 is 10.1 Å². The molecule has 1 aliphatic heterocycles. The fourth-order valence-electron chi connectivity index (χ4n) is 2.33. The van der Waals surface area contributed by atoms with Crippen molar-refractivity contribution < 1.29 is 9.84 Å². The number of nitrogens with one attached hydrogen (secondary N) is 1. The first-order valence-electron chi connectivity index (χ1n) is 7.29. The molecule has 2 rings (SSSR count). The highest BCUT2D eigenvalue weighted by atomic mass is 32.2. The number of rotatable bonds is 5. The van der Waals surface area contributed by atoms with Crippen molar-refractivity contribution in [3.8, 4) is 5.75 Å². The van der Waals surface area contributed by atoms with Crippen molar-refractivity contribution in [1.82, 2.24) is 5.32 Å². The van der Waals surface area contributed by atoms with Crippen LogP contribution >= 0.6 is 11.8 Å². The molecule has 0 aliphatic carbocycles. The molecule has 3 nitrogen and oxygen atoms in total. The molecule has 0 bridgehead atoms. The standard InChI is InChI=1S/C16H25NO2S/c1-16(2,3)17-14(18)9-10-19-13-8-4-6-12-7-5-11-20-15(12)13/h4,6,8,14,17-18H,5,7,9-11H2,1-3H3. The molecule has 0 aromatic heterocycles. The van der Waals surface area contributed by atoms with Gasteiger partial charge in [0.25, 0.3) is 0 Å². The molecule has 1 atom stereocenters. The van der Waals surface area contributed by atoms with E-state index in [1.54, 1.807) is 0 Å². The Labute approximate surface area is 126 Å². The highest BCUT2D eigenvalue weighted by Crippen LogP contribution is 2.37. The molecule has 1 aromatic carbocycles. The molecule has 1 heterocycles. The molecule has 0 spiro atoms. The highest BCUT2D eigenvalue weighted by molar-refractivity contribution is 7.99. The Morgan fingerprint density at radius 1 is 1.40 bits per heavy atom. The summed E-state index contributed by atoms with van der Waals surface area (Å²) in [6, 6.07) is 6.27. The molecule has 1 aromatic rings. The molecule has 2 N–H and O–H groups in total. The Morgan fingerprint density at radius 3 is 2.95 bits per heavy atom. The Balaban J connectivity index is 1.86. The number of fused-ring (bicyclic) bond motifs is 1. The molecule has 0 amide bonds. The van der Waals surface area contributed by atoms with Crippen LogP contribution in [0.25, 0.3) is 0 Å². The lowest BCUT2D eigenvalue weighted by molar-refractivity contribution is 0.0818. The molecule has 20 heavy (non-hydrogen) atoms. The summed E-state index contributed by atoms with van der Waals surface area (Å²) in [7, 11) is 0. The van der Waals surface area contributed by atoms with Crippen LogP contribution in [-0.2, 0) is 6.42 Å². The number of benzene rings is 1. The molecule has 0 radical (unpaired) electrons. The molecule has 1 unspecified atom stereocenters. The van der Waals surface area contributed by atoms with Crippen molar-refractivity contribution in [1.29, 1.82) is 0 Å². The van der Waals surface area contributed by atoms with E-state index in [0.29, 0.717) is 13.0 Å². The Kier molecular flexibility index (Phi) is 5.35. The largest absolute Gasteiger partial charge is 0.492 e. The quantitative estimate of drug-likeness (QED) is 0.819. The fourth-order valence-corrected chi connectivity index (χ4v) is 3.44. The predicted octanol–water partition coefficient (Wildman–Crippen LogP) is 3.20. The number of aryl methyl sites for hydroxylation is 1. The second kappa shape index (κ2) is 6.83. The van der Waals surface area contributed by atoms with Gasteiger partial charge in [-0.25, -0.2) is 0 Å². The van der Waals surface area contributed by atoms with E-state index in [4.69, 9.17) is 4.74 Å². The maximum atomic E-state index is 9.90. The number of ether oxygens (including phenoxy) is 1. The molecule has 0 saturated carbocycles. The van der Waals surface area contributed by atoms with E-state index >= 15 is 0 Å². The zero-order valence-electron chi connectivity index (χ0n) is 12.6. The van der Waals surface area contributed by atoms with Gasteiger partial charge in [-0.05, 0) is 51.0 Å². The average molecular weight is 295 g/mol. The van der Waals surface area contributed by atoms with Gasteiger partial charge in [0.15, 0.2) is 0 Å². The summed E-state index contributed by atoms with van der Waals surface area (Å²) < 4.78 is 5.87. The van der Waals surface area contributed by atoms with E-state index in [2.05, 4.69) is 17.4 Å². The first kappa shape index (κ1) is 15.7. The van der Waals surface area contributed by atoms with Gasteiger partial charge in [-0.3, -0.25) is 5.32 Å². The van der Waals surface area contributed by atoms with Crippen LogP contribution in [0.15, 0.2) is 23.1 Å². The summed E-state index contributed by atoms with van der Waals surface area (Å²) in [6.45, 7) is 6.66. The van der Waals surface area contributed by atoms with E-state index in [1.165, 1.54) is 22.6 Å². The number of aliphatic hydroxyl groups is 1. The lowest BCUT2D eigenvalue weighted by atomic mass is 10.1. The zero-order valence-corrected chi connectivity index (χ0v) is 13.4. The van der Waals surface area contributed by atoms with E-state index in [0.717, 1.165) is 12.2 Å². The van der Waals surface area contributed by atoms with Gasteiger partial charge in [-0.2, -0.15) is 0 Å². The van der Waals surface area contributed by atoms with Crippen molar-refractivity contribution in [2.24, 2.45) is 0 Å². The second-order valence-electron chi connectivity index (χ2n) is 6.24. The minimum Gasteiger partial charge on any atom is -0.492 e. The molecule has 0 saturated heterocycles. The Bertz CT molecular complexity index is 443. The molecule has 0 fully saturated rings. The summed E-state index contributed by atoms with van der Waals surface area (Å²) >= 11 is 1.88. The topological polar surface area (TPSA) is 41.5 Å². The van der Waals surface area contributed by atoms with Crippen LogP contribution in [0, 0.1) is 0 Å². The third-order valence-electron chi connectivity index (χ3n) is 3.15. The van der Waals surface area contributed by atoms with Gasteiger partial charge in [0.05, 0.1) is 11.5 Å². The summed E-state index contributed by atoms with van der Waals surface area (Å²) in [4.78, 5) is 1.29. The van der Waals surface area contributed by atoms with Gasteiger partial charge in [0.2, 0.25) is 0 Å². The van der Waals surface area contributed by atoms with Crippen molar-refractivity contribution in [3.05, 3.63) is 23.8 Å². The number of thioether (sulfide) groups is 1. The lowest BCUT2D eigenvalue weighted by Crippen LogP contribution is -2.44. The van der Waals surface area contributed by atoms with Crippen molar-refractivity contribution in [2.75, 3.05) is 12.4 Å². The van der Waals surface area contributed by atoms with Crippen molar-refractivity contribution in [2.45, 2.75) is 56.7 Å². The van der Waals surface area contributed by atoms with E-state index in [9.17, 15) is 5.11 Å². The van der Waals surface area contributed by atoms with Crippen LogP contribution in [0.4, 0.5) is 0 Å². The summed E-state index contributed by atoms with van der Waals surface area (Å²) in [5.74, 6) is 2.14. The smallest absolute Gasteiger partial charge is 0.133 e. The van der Waals surface area contributed by atoms with Crippen LogP contribution in [0.3, 0.4) is 0 Å². The number of hydrogen-bond acceptors (Lipinski definition) is 4. The fraction of sp³-hybridized carbons (Fsp3) is 0.625. The number of hydrogen-bond donors (Lipinski definition) is 2. The number of aliphatic hydroxyl groups excluding tert-OH is 1. The maximum Gasteiger partial charge on any atom is 0.133 e. The maximum absolute atomic E-state index is 9.90. The first-order chi connectivity index (χ1) is 9.46. The third-order valence-corrected chi connectivity index (χ3v) is 4.39. The van der Waals surface area contributed by atoms with Crippen LogP contribution in [0.5, 0.6) is 5.75 Å². The summed E-state index contributed by atoms with van der Waals surface area (Å²) in [6.07, 6.45) is 2.46. The average Bonchev–Trinajstić information content (AvgIpc) is 2.37. The van der Waals surface area contributed by atoms with E-state index in [-0.39, 0.29) is 5.54 Å². The van der Waals surface area contributed by atoms with Gasteiger partial charge >= 0.3 is 0 Å². The van der Waals surface area contributed by atoms with Gasteiger partial charge in [-0.1, -0.05) is 12.1 Å². The minimum absolute atomic E-state index is 0.0822. The van der Waals surface area contributed by atoms with Crippen molar-refractivity contribution in [3.63, 3.8) is 0 Å². The first-order valence-corrected chi connectivity index (χ1v) is 8.27. The lowest BCUT2D eigenvalue weighted by Gasteiger charge is -2.25. The van der Waals surface area contributed by atoms with Crippen LogP contribution in [0.1, 0.15) is 39.2 Å². The van der Waals surface area contributed by atoms with E-state index < -0.39 is 6.23 Å². The highest BCUT2D eigenvalue weighted by Gasteiger charge is 2.16. The molecule has 1 aliphatic rings. The van der Waals surface area contributed by atoms with Crippen LogP contribution in [-0.4, -0.2) is 29.2 Å². The Hall–Kier alpha value is -0.710. The predicted molar refractivity (Wildman–Crippen MR) is 84.5 cm³/mol. The molecular weight excluding hydrogens is 270 g/mol. The zero-order chi connectivity index (χ0) is 14.6. The van der Waals surface area contributed by atoms with Crippen molar-refractivity contribution >= 4 is 11.8 Å². The van der Waals surface area contributed by atoms with Gasteiger partial charge in [0.1, 0.15) is 12.0 Å². The van der Waals surface area contributed by atoms with Gasteiger partial charge in [-0.15, -0.1) is 11.8 Å². The minimum atomic E-state index is -0.526. The van der Waals surface area contributed by atoms with Gasteiger partial charge in [0, 0.05) is 12.0 Å². The van der Waals surface area contributed by atoms with Gasteiger partial charge < -0.3 is 9.84 Å². The molecular formula is C16H25NO2S. The Morgan fingerprint density at radius 2 is 2.20 bits per heavy atom. The SMILES string of the molecule is CC(C)(C)NC(O)CCOc1cccc2c1SCCC2. The van der Waals surface area contributed by atoms with E-state index in [1.807, 2.05) is 38.6 Å². The van der Waals surface area contributed by atoms with Crippen LogP contribution in [0.2, 0.25) is 0 Å². The molecule has 112 valence electrons. The normalized spacial score (nSPS) is 16.6. The third kappa shape index (κ3) is 4.69. The summed E-state index contributed by atoms with van der Waals surface area (Å²) in [5.41, 5.74) is 1.31.